The fourth-order valence-corrected chi connectivity index (χ4v) is 8.42. The minimum Gasteiger partial charge on any atom is -0.394 e. The van der Waals surface area contributed by atoms with Crippen molar-refractivity contribution >= 4 is 46.8 Å². The summed E-state index contributed by atoms with van der Waals surface area (Å²) in [5.74, 6) is -1.41. The molecule has 0 aliphatic carbocycles. The van der Waals surface area contributed by atoms with Crippen LogP contribution in [0.1, 0.15) is 46.5 Å². The van der Waals surface area contributed by atoms with Crippen molar-refractivity contribution in [3.8, 4) is 0 Å². The second-order valence-corrected chi connectivity index (χ2v) is 12.0. The Morgan fingerprint density at radius 2 is 2.03 bits per heavy atom. The second-order valence-electron chi connectivity index (χ2n) is 10.0. The number of fused-ring (bicyclic) bond motifs is 1. The van der Waals surface area contributed by atoms with E-state index in [0.29, 0.717) is 30.1 Å². The molecule has 3 heterocycles. The number of benzene rings is 1. The maximum absolute atomic E-state index is 14.0. The summed E-state index contributed by atoms with van der Waals surface area (Å²) >= 11 is 7.93. The van der Waals surface area contributed by atoms with Gasteiger partial charge in [-0.05, 0) is 43.7 Å². The highest BCUT2D eigenvalue weighted by molar-refractivity contribution is 8.02. The molecule has 1 aromatic carbocycles. The standard InChI is InChI=1S/C25H34ClN3O4S/c1-4-11-27-22(31)19-18-9-10-25(34-18)20(19)24(33)29(15(13-30)12-14(2)3)21(25)23(32)28-17-8-6-5-7-16(17)26/h5-8,14-15,18-21,30H,4,9-13H2,1-3H3,(H,27,31)(H,28,32)/t15-,18-,19+,20+,21?,25?/m1/s1. The van der Waals surface area contributed by atoms with Crippen LogP contribution in [0, 0.1) is 17.8 Å². The van der Waals surface area contributed by atoms with Crippen molar-refractivity contribution < 1.29 is 19.5 Å². The van der Waals surface area contributed by atoms with E-state index in [1.807, 2.05) is 20.8 Å². The summed E-state index contributed by atoms with van der Waals surface area (Å²) in [6.07, 6.45) is 2.86. The van der Waals surface area contributed by atoms with E-state index in [1.54, 1.807) is 40.9 Å². The van der Waals surface area contributed by atoms with Crippen LogP contribution < -0.4 is 10.6 Å². The van der Waals surface area contributed by atoms with Crippen molar-refractivity contribution in [2.75, 3.05) is 18.5 Å². The van der Waals surface area contributed by atoms with Gasteiger partial charge < -0.3 is 20.6 Å². The van der Waals surface area contributed by atoms with Crippen molar-refractivity contribution in [2.45, 2.75) is 68.5 Å². The number of aliphatic hydroxyl groups is 1. The van der Waals surface area contributed by atoms with E-state index < -0.39 is 28.7 Å². The molecule has 3 saturated heterocycles. The first-order chi connectivity index (χ1) is 16.2. The average Bonchev–Trinajstić information content (AvgIpc) is 3.44. The van der Waals surface area contributed by atoms with Gasteiger partial charge in [-0.15, -0.1) is 11.8 Å². The molecule has 6 atom stereocenters. The molecule has 34 heavy (non-hydrogen) atoms. The van der Waals surface area contributed by atoms with E-state index in [1.165, 1.54) is 0 Å². The van der Waals surface area contributed by atoms with Crippen LogP contribution >= 0.6 is 23.4 Å². The Morgan fingerprint density at radius 1 is 1.29 bits per heavy atom. The molecule has 4 rings (SSSR count). The van der Waals surface area contributed by atoms with Gasteiger partial charge in [0.15, 0.2) is 0 Å². The molecule has 3 fully saturated rings. The number of carbonyl (C=O) groups is 3. The third kappa shape index (κ3) is 4.22. The lowest BCUT2D eigenvalue weighted by Gasteiger charge is -2.37. The first kappa shape index (κ1) is 25.3. The zero-order chi connectivity index (χ0) is 24.6. The molecular weight excluding hydrogens is 474 g/mol. The van der Waals surface area contributed by atoms with E-state index in [-0.39, 0.29) is 35.5 Å². The van der Waals surface area contributed by atoms with Crippen molar-refractivity contribution in [1.29, 1.82) is 0 Å². The monoisotopic (exact) mass is 507 g/mol. The number of nitrogens with one attached hydrogen (secondary N) is 2. The molecule has 2 unspecified atom stereocenters. The van der Waals surface area contributed by atoms with Gasteiger partial charge in [-0.3, -0.25) is 14.4 Å². The van der Waals surface area contributed by atoms with E-state index in [4.69, 9.17) is 11.6 Å². The van der Waals surface area contributed by atoms with Crippen molar-refractivity contribution in [3.05, 3.63) is 29.3 Å². The van der Waals surface area contributed by atoms with Gasteiger partial charge in [-0.25, -0.2) is 0 Å². The molecule has 3 N–H and O–H groups in total. The summed E-state index contributed by atoms with van der Waals surface area (Å²) in [6.45, 7) is 6.38. The van der Waals surface area contributed by atoms with Gasteiger partial charge >= 0.3 is 0 Å². The summed E-state index contributed by atoms with van der Waals surface area (Å²) in [4.78, 5) is 42.6. The van der Waals surface area contributed by atoms with Crippen molar-refractivity contribution in [1.82, 2.24) is 10.2 Å². The highest BCUT2D eigenvalue weighted by atomic mass is 35.5. The highest BCUT2D eigenvalue weighted by Crippen LogP contribution is 2.66. The number of para-hydroxylation sites is 1. The quantitative estimate of drug-likeness (QED) is 0.476. The number of nitrogens with zero attached hydrogens (tertiary/aromatic N) is 1. The summed E-state index contributed by atoms with van der Waals surface area (Å²) in [5.41, 5.74) is 0.487. The van der Waals surface area contributed by atoms with Gasteiger partial charge in [0.1, 0.15) is 6.04 Å². The van der Waals surface area contributed by atoms with Crippen LogP contribution in [-0.2, 0) is 14.4 Å². The predicted molar refractivity (Wildman–Crippen MR) is 135 cm³/mol. The molecule has 1 spiro atoms. The summed E-state index contributed by atoms with van der Waals surface area (Å²) < 4.78 is -0.689. The molecule has 3 aliphatic rings. The second kappa shape index (κ2) is 10.1. The number of amides is 3. The third-order valence-corrected chi connectivity index (χ3v) is 9.60. The number of hydrogen-bond donors (Lipinski definition) is 3. The number of halogens is 1. The molecule has 0 aromatic heterocycles. The first-order valence-electron chi connectivity index (χ1n) is 12.2. The maximum atomic E-state index is 14.0. The Kier molecular flexibility index (Phi) is 7.50. The molecule has 1 aromatic rings. The molecule has 0 radical (unpaired) electrons. The molecule has 9 heteroatoms. The summed E-state index contributed by atoms with van der Waals surface area (Å²) in [7, 11) is 0. The Hall–Kier alpha value is -1.77. The molecule has 2 bridgehead atoms. The summed E-state index contributed by atoms with van der Waals surface area (Å²) in [5, 5.41) is 16.6. The maximum Gasteiger partial charge on any atom is 0.248 e. The topological polar surface area (TPSA) is 98.7 Å². The number of likely N-dealkylation sites (tertiary alicyclic amines) is 1. The lowest BCUT2D eigenvalue weighted by Crippen LogP contribution is -2.55. The summed E-state index contributed by atoms with van der Waals surface area (Å²) in [6, 6.07) is 5.74. The minimum absolute atomic E-state index is 0.0150. The minimum atomic E-state index is -0.781. The van der Waals surface area contributed by atoms with Gasteiger partial charge in [-0.1, -0.05) is 44.5 Å². The predicted octanol–water partition coefficient (Wildman–Crippen LogP) is 3.30. The smallest absolute Gasteiger partial charge is 0.248 e. The number of carbonyl (C=O) groups excluding carboxylic acids is 3. The number of aliphatic hydroxyl groups excluding tert-OH is 1. The molecule has 3 aliphatic heterocycles. The van der Waals surface area contributed by atoms with Crippen LogP contribution in [0.5, 0.6) is 0 Å². The SMILES string of the molecule is CCCNC(=O)[C@@H]1[C@H]2C(=O)N([C@@H](CO)CC(C)C)C(C(=O)Nc3ccccc3Cl)C23CC[C@H]1S3. The van der Waals surface area contributed by atoms with E-state index in [2.05, 4.69) is 10.6 Å². The Labute approximate surface area is 210 Å². The van der Waals surface area contributed by atoms with E-state index in [9.17, 15) is 19.5 Å². The number of rotatable bonds is 9. The van der Waals surface area contributed by atoms with Crippen molar-refractivity contribution in [3.63, 3.8) is 0 Å². The van der Waals surface area contributed by atoms with Gasteiger partial charge in [0, 0.05) is 11.8 Å². The number of hydrogen-bond acceptors (Lipinski definition) is 5. The van der Waals surface area contributed by atoms with Crippen LogP contribution in [0.3, 0.4) is 0 Å². The molecule has 7 nitrogen and oxygen atoms in total. The normalized spacial score (nSPS) is 30.5. The van der Waals surface area contributed by atoms with Crippen LogP contribution in [0.15, 0.2) is 24.3 Å². The Balaban J connectivity index is 1.73. The largest absolute Gasteiger partial charge is 0.394 e. The van der Waals surface area contributed by atoms with Gasteiger partial charge in [0.2, 0.25) is 17.7 Å². The Bertz CT molecular complexity index is 960. The first-order valence-corrected chi connectivity index (χ1v) is 13.4. The Morgan fingerprint density at radius 3 is 2.68 bits per heavy atom. The number of anilines is 1. The van der Waals surface area contributed by atoms with Crippen LogP contribution in [-0.4, -0.2) is 63.0 Å². The van der Waals surface area contributed by atoms with Crippen LogP contribution in [0.25, 0.3) is 0 Å². The van der Waals surface area contributed by atoms with E-state index >= 15 is 0 Å². The fourth-order valence-electron chi connectivity index (χ4n) is 6.03. The molecule has 186 valence electrons. The lowest BCUT2D eigenvalue weighted by atomic mass is 9.70. The average molecular weight is 508 g/mol. The van der Waals surface area contributed by atoms with Gasteiger partial charge in [-0.2, -0.15) is 0 Å². The highest BCUT2D eigenvalue weighted by Gasteiger charge is 2.74. The molecular formula is C25H34ClN3O4S. The molecule has 0 saturated carbocycles. The lowest BCUT2D eigenvalue weighted by molar-refractivity contribution is -0.142. The van der Waals surface area contributed by atoms with Gasteiger partial charge in [0.05, 0.1) is 39.9 Å². The van der Waals surface area contributed by atoms with Crippen molar-refractivity contribution in [2.24, 2.45) is 17.8 Å². The van der Waals surface area contributed by atoms with Gasteiger partial charge in [0.25, 0.3) is 0 Å². The fraction of sp³-hybridized carbons (Fsp3) is 0.640. The van der Waals surface area contributed by atoms with Crippen LogP contribution in [0.2, 0.25) is 5.02 Å². The third-order valence-electron chi connectivity index (χ3n) is 7.32. The zero-order valence-corrected chi connectivity index (χ0v) is 21.5. The van der Waals surface area contributed by atoms with E-state index in [0.717, 1.165) is 12.8 Å². The zero-order valence-electron chi connectivity index (χ0n) is 19.9. The number of thioether (sulfide) groups is 1. The van der Waals surface area contributed by atoms with Crippen LogP contribution in [0.4, 0.5) is 5.69 Å². The molecule has 3 amide bonds.